The molecule has 164 valence electrons. The molecule has 0 unspecified atom stereocenters. The highest BCUT2D eigenvalue weighted by Crippen LogP contribution is 2.28. The molecule has 2 aromatic carbocycles. The molecule has 2 aromatic heterocycles. The standard InChI is InChI=1S/C25H27N5O2/c1-16-5-9-19(10-6-16)15-30-23(31)21-22(27(4)25(30)32)26-24-28(13-18(3)14-29(21)24)20-11-7-17(2)8-12-20/h5-12,18H,13-15H2,1-4H3/p+1/t18-/m1/s1. The predicted molar refractivity (Wildman–Crippen MR) is 126 cm³/mol. The van der Waals surface area contributed by atoms with Crippen LogP contribution in [0.3, 0.4) is 0 Å². The van der Waals surface area contributed by atoms with Crippen molar-refractivity contribution >= 4 is 22.8 Å². The molecular weight excluding hydrogens is 402 g/mol. The molecule has 0 saturated heterocycles. The van der Waals surface area contributed by atoms with Crippen LogP contribution < -0.4 is 20.7 Å². The van der Waals surface area contributed by atoms with Crippen LogP contribution in [0.1, 0.15) is 23.6 Å². The number of hydrogen-bond donors (Lipinski definition) is 1. The maximum Gasteiger partial charge on any atom is 0.364 e. The topological polar surface area (TPSA) is 66.9 Å². The molecule has 1 N–H and O–H groups in total. The van der Waals surface area contributed by atoms with E-state index < -0.39 is 0 Å². The molecule has 1 aliphatic heterocycles. The number of aromatic nitrogens is 4. The van der Waals surface area contributed by atoms with Crippen LogP contribution in [0.15, 0.2) is 58.1 Å². The maximum atomic E-state index is 13.6. The number of aryl methyl sites for hydroxylation is 3. The quantitative estimate of drug-likeness (QED) is 0.508. The fourth-order valence-corrected chi connectivity index (χ4v) is 4.54. The second-order valence-corrected chi connectivity index (χ2v) is 9.03. The lowest BCUT2D eigenvalue weighted by atomic mass is 10.1. The fraction of sp³-hybridized carbons (Fsp3) is 0.320. The summed E-state index contributed by atoms with van der Waals surface area (Å²) in [5.74, 6) is 1.18. The van der Waals surface area contributed by atoms with E-state index in [1.807, 2.05) is 35.8 Å². The summed E-state index contributed by atoms with van der Waals surface area (Å²) < 4.78 is 4.93. The molecule has 0 saturated carbocycles. The highest BCUT2D eigenvalue weighted by molar-refractivity contribution is 5.70. The Balaban J connectivity index is 1.70. The number of nitrogens with one attached hydrogen (secondary N) is 1. The Morgan fingerprint density at radius 3 is 2.28 bits per heavy atom. The molecule has 0 amide bonds. The van der Waals surface area contributed by atoms with E-state index in [1.54, 1.807) is 11.6 Å². The van der Waals surface area contributed by atoms with E-state index in [0.717, 1.165) is 35.9 Å². The number of imidazole rings is 1. The summed E-state index contributed by atoms with van der Waals surface area (Å²) in [6.07, 6.45) is 0. The zero-order chi connectivity index (χ0) is 22.6. The van der Waals surface area contributed by atoms with Crippen LogP contribution in [0, 0.1) is 19.8 Å². The molecule has 5 rings (SSSR count). The summed E-state index contributed by atoms with van der Waals surface area (Å²) in [7, 11) is 1.72. The van der Waals surface area contributed by atoms with Gasteiger partial charge in [-0.15, -0.1) is 0 Å². The smallest absolute Gasteiger partial charge is 0.267 e. The SMILES string of the molecule is Cc1ccc(Cn2c(=O)c3c([nH]c4[n+]3C[C@H](C)CN4c3ccc(C)cc3)n(C)c2=O)cc1. The van der Waals surface area contributed by atoms with Gasteiger partial charge in [-0.25, -0.2) is 19.2 Å². The van der Waals surface area contributed by atoms with E-state index in [2.05, 4.69) is 48.0 Å². The second kappa shape index (κ2) is 7.51. The minimum absolute atomic E-state index is 0.249. The summed E-state index contributed by atoms with van der Waals surface area (Å²) >= 11 is 0. The lowest BCUT2D eigenvalue weighted by Gasteiger charge is -2.26. The van der Waals surface area contributed by atoms with Gasteiger partial charge in [-0.2, -0.15) is 0 Å². The van der Waals surface area contributed by atoms with Gasteiger partial charge < -0.3 is 0 Å². The van der Waals surface area contributed by atoms with E-state index in [4.69, 9.17) is 0 Å². The molecule has 0 aliphatic carbocycles. The van der Waals surface area contributed by atoms with Crippen molar-refractivity contribution in [1.82, 2.24) is 14.1 Å². The van der Waals surface area contributed by atoms with Crippen LogP contribution in [0.4, 0.5) is 11.6 Å². The van der Waals surface area contributed by atoms with E-state index in [0.29, 0.717) is 17.1 Å². The second-order valence-electron chi connectivity index (χ2n) is 9.03. The lowest BCUT2D eigenvalue weighted by molar-refractivity contribution is -0.669. The van der Waals surface area contributed by atoms with E-state index >= 15 is 0 Å². The molecule has 1 aliphatic rings. The van der Waals surface area contributed by atoms with Crippen molar-refractivity contribution in [2.45, 2.75) is 33.9 Å². The fourth-order valence-electron chi connectivity index (χ4n) is 4.54. The molecule has 32 heavy (non-hydrogen) atoms. The molecule has 0 radical (unpaired) electrons. The third kappa shape index (κ3) is 3.25. The summed E-state index contributed by atoms with van der Waals surface area (Å²) in [5, 5.41) is 0. The van der Waals surface area contributed by atoms with Crippen molar-refractivity contribution < 1.29 is 4.57 Å². The first-order valence-corrected chi connectivity index (χ1v) is 11.0. The maximum absolute atomic E-state index is 13.6. The number of aromatic amines is 1. The first kappa shape index (κ1) is 20.3. The van der Waals surface area contributed by atoms with E-state index in [9.17, 15) is 9.59 Å². The van der Waals surface area contributed by atoms with Crippen LogP contribution in [-0.2, 0) is 20.1 Å². The molecular formula is C25H28N5O2+. The highest BCUT2D eigenvalue weighted by Gasteiger charge is 2.35. The number of nitrogens with zero attached hydrogens (tertiary/aromatic N) is 4. The van der Waals surface area contributed by atoms with E-state index in [-0.39, 0.29) is 17.8 Å². The van der Waals surface area contributed by atoms with Gasteiger partial charge >= 0.3 is 11.6 Å². The Morgan fingerprint density at radius 1 is 1.00 bits per heavy atom. The molecule has 1 atom stereocenters. The van der Waals surface area contributed by atoms with E-state index in [1.165, 1.54) is 10.1 Å². The summed E-state index contributed by atoms with van der Waals surface area (Å²) in [6, 6.07) is 16.3. The molecule has 4 aromatic rings. The third-order valence-electron chi connectivity index (χ3n) is 6.33. The number of rotatable bonds is 3. The Morgan fingerprint density at radius 2 is 1.62 bits per heavy atom. The number of fused-ring (bicyclic) bond motifs is 3. The summed E-state index contributed by atoms with van der Waals surface area (Å²) in [5.41, 5.74) is 4.85. The third-order valence-corrected chi connectivity index (χ3v) is 6.33. The molecule has 0 bridgehead atoms. The number of H-pyrrole nitrogens is 1. The van der Waals surface area contributed by atoms with Crippen molar-refractivity contribution in [3.05, 3.63) is 86.1 Å². The van der Waals surface area contributed by atoms with Gasteiger partial charge in [0.15, 0.2) is 0 Å². The van der Waals surface area contributed by atoms with Crippen LogP contribution in [0.2, 0.25) is 0 Å². The van der Waals surface area contributed by atoms with Crippen LogP contribution in [-0.4, -0.2) is 20.7 Å². The average molecular weight is 431 g/mol. The van der Waals surface area contributed by atoms with Crippen molar-refractivity contribution in [2.24, 2.45) is 13.0 Å². The van der Waals surface area contributed by atoms with Gasteiger partial charge in [0.25, 0.3) is 5.56 Å². The van der Waals surface area contributed by atoms with Crippen molar-refractivity contribution in [3.8, 4) is 0 Å². The first-order valence-electron chi connectivity index (χ1n) is 11.0. The first-order chi connectivity index (χ1) is 15.3. The van der Waals surface area contributed by atoms with Crippen LogP contribution >= 0.6 is 0 Å². The van der Waals surface area contributed by atoms with Gasteiger partial charge in [-0.1, -0.05) is 54.4 Å². The molecule has 7 nitrogen and oxygen atoms in total. The Bertz CT molecular complexity index is 1430. The van der Waals surface area contributed by atoms with Gasteiger partial charge in [0.05, 0.1) is 19.6 Å². The Labute approximate surface area is 186 Å². The van der Waals surface area contributed by atoms with Crippen molar-refractivity contribution in [1.29, 1.82) is 0 Å². The molecule has 7 heteroatoms. The lowest BCUT2D eigenvalue weighted by Crippen LogP contribution is -2.52. The van der Waals surface area contributed by atoms with Gasteiger partial charge in [-0.05, 0) is 31.5 Å². The van der Waals surface area contributed by atoms with Gasteiger partial charge in [0.2, 0.25) is 11.2 Å². The Kier molecular flexibility index (Phi) is 4.77. The normalized spacial score (nSPS) is 15.9. The van der Waals surface area contributed by atoms with Crippen molar-refractivity contribution in [2.75, 3.05) is 11.4 Å². The molecule has 0 fully saturated rings. The van der Waals surface area contributed by atoms with Crippen LogP contribution in [0.5, 0.6) is 0 Å². The molecule has 0 spiro atoms. The summed E-state index contributed by atoms with van der Waals surface area (Å²) in [4.78, 5) is 32.3. The monoisotopic (exact) mass is 430 g/mol. The van der Waals surface area contributed by atoms with Gasteiger partial charge in [-0.3, -0.25) is 13.9 Å². The number of hydrogen-bond acceptors (Lipinski definition) is 3. The van der Waals surface area contributed by atoms with Crippen LogP contribution in [0.25, 0.3) is 11.2 Å². The molecule has 3 heterocycles. The predicted octanol–water partition coefficient (Wildman–Crippen LogP) is 2.77. The highest BCUT2D eigenvalue weighted by atomic mass is 16.2. The number of benzene rings is 2. The van der Waals surface area contributed by atoms with Gasteiger partial charge in [0, 0.05) is 13.0 Å². The Hall–Kier alpha value is -3.61. The largest absolute Gasteiger partial charge is 0.364 e. The van der Waals surface area contributed by atoms with Crippen molar-refractivity contribution in [3.63, 3.8) is 0 Å². The average Bonchev–Trinajstić information content (AvgIpc) is 3.16. The minimum atomic E-state index is -0.322. The zero-order valence-electron chi connectivity index (χ0n) is 18.9. The summed E-state index contributed by atoms with van der Waals surface area (Å²) in [6.45, 7) is 8.07. The van der Waals surface area contributed by atoms with Gasteiger partial charge in [0.1, 0.15) is 5.69 Å². The zero-order valence-corrected chi connectivity index (χ0v) is 18.9. The minimum Gasteiger partial charge on any atom is -0.267 e. The number of anilines is 2.